The van der Waals surface area contributed by atoms with Crippen LogP contribution in [0.25, 0.3) is 0 Å². The van der Waals surface area contributed by atoms with Crippen LogP contribution in [0.1, 0.15) is 21.5 Å². The van der Waals surface area contributed by atoms with Crippen molar-refractivity contribution in [2.75, 3.05) is 5.43 Å². The Labute approximate surface area is 121 Å². The Morgan fingerprint density at radius 2 is 1.79 bits per heavy atom. The van der Waals surface area contributed by atoms with Gasteiger partial charge in [0.15, 0.2) is 5.78 Å². The molecular weight excluding hydrogens is 283 g/mol. The van der Waals surface area contributed by atoms with E-state index in [1.807, 2.05) is 6.92 Å². The lowest BCUT2D eigenvalue weighted by Gasteiger charge is -2.10. The van der Waals surface area contributed by atoms with Crippen LogP contribution in [-0.4, -0.2) is 5.78 Å². The van der Waals surface area contributed by atoms with E-state index in [-0.39, 0.29) is 5.78 Å². The summed E-state index contributed by atoms with van der Waals surface area (Å²) in [5.41, 5.74) is 4.95. The highest BCUT2D eigenvalue weighted by Gasteiger charge is 2.16. The summed E-state index contributed by atoms with van der Waals surface area (Å²) in [4.78, 5) is 12.4. The number of aryl methyl sites for hydroxylation is 1. The van der Waals surface area contributed by atoms with Gasteiger partial charge in [-0.1, -0.05) is 23.2 Å². The summed E-state index contributed by atoms with van der Waals surface area (Å²) < 4.78 is 0. The minimum absolute atomic E-state index is 0.136. The molecule has 0 unspecified atom stereocenters. The van der Waals surface area contributed by atoms with E-state index in [0.717, 1.165) is 5.56 Å². The second-order valence-corrected chi connectivity index (χ2v) is 4.97. The Kier molecular flexibility index (Phi) is 4.10. The summed E-state index contributed by atoms with van der Waals surface area (Å²) in [7, 11) is 0. The van der Waals surface area contributed by atoms with Gasteiger partial charge in [0, 0.05) is 16.1 Å². The van der Waals surface area contributed by atoms with E-state index in [1.54, 1.807) is 36.4 Å². The molecule has 0 saturated heterocycles. The number of anilines is 1. The number of nitrogens with two attached hydrogens (primary N) is 1. The molecule has 0 aromatic heterocycles. The number of hydrazine groups is 1. The number of benzene rings is 2. The molecule has 0 fully saturated rings. The van der Waals surface area contributed by atoms with Gasteiger partial charge in [0.2, 0.25) is 0 Å². The molecule has 2 aromatic carbocycles. The van der Waals surface area contributed by atoms with Crippen molar-refractivity contribution in [3.05, 3.63) is 63.1 Å². The Morgan fingerprint density at radius 3 is 2.32 bits per heavy atom. The van der Waals surface area contributed by atoms with Gasteiger partial charge < -0.3 is 5.43 Å². The standard InChI is InChI=1S/C14H12Cl2N2O/c1-8-6-11(18-17)7-12(16)13(8)14(19)9-2-4-10(15)5-3-9/h2-7,18H,17H2,1H3. The zero-order valence-electron chi connectivity index (χ0n) is 10.2. The average molecular weight is 295 g/mol. The van der Waals surface area contributed by atoms with Gasteiger partial charge in [-0.05, 0) is 48.9 Å². The number of halogens is 2. The molecule has 0 aliphatic rings. The second-order valence-electron chi connectivity index (χ2n) is 4.13. The molecule has 2 aromatic rings. The first-order chi connectivity index (χ1) is 9.02. The van der Waals surface area contributed by atoms with E-state index < -0.39 is 0 Å². The van der Waals surface area contributed by atoms with Gasteiger partial charge in [-0.15, -0.1) is 0 Å². The number of nitrogens with one attached hydrogen (secondary N) is 1. The lowest BCUT2D eigenvalue weighted by molar-refractivity contribution is 0.103. The largest absolute Gasteiger partial charge is 0.324 e. The van der Waals surface area contributed by atoms with Crippen LogP contribution in [-0.2, 0) is 0 Å². The third-order valence-corrected chi connectivity index (χ3v) is 3.34. The fourth-order valence-corrected chi connectivity index (χ4v) is 2.34. The molecule has 19 heavy (non-hydrogen) atoms. The van der Waals surface area contributed by atoms with Gasteiger partial charge >= 0.3 is 0 Å². The molecule has 0 saturated carbocycles. The van der Waals surface area contributed by atoms with Gasteiger partial charge in [-0.25, -0.2) is 0 Å². The topological polar surface area (TPSA) is 55.1 Å². The lowest BCUT2D eigenvalue weighted by atomic mass is 9.98. The average Bonchev–Trinajstić information content (AvgIpc) is 2.38. The molecule has 0 aliphatic heterocycles. The van der Waals surface area contributed by atoms with Crippen LogP contribution in [0.15, 0.2) is 36.4 Å². The van der Waals surface area contributed by atoms with Crippen molar-refractivity contribution in [3.63, 3.8) is 0 Å². The monoisotopic (exact) mass is 294 g/mol. The summed E-state index contributed by atoms with van der Waals surface area (Å²) in [5.74, 6) is 5.20. The summed E-state index contributed by atoms with van der Waals surface area (Å²) in [6, 6.07) is 10.1. The SMILES string of the molecule is Cc1cc(NN)cc(Cl)c1C(=O)c1ccc(Cl)cc1. The normalized spacial score (nSPS) is 10.3. The maximum atomic E-state index is 12.4. The van der Waals surface area contributed by atoms with Crippen LogP contribution in [0.4, 0.5) is 5.69 Å². The maximum Gasteiger partial charge on any atom is 0.194 e. The molecule has 3 nitrogen and oxygen atoms in total. The van der Waals surface area contributed by atoms with Crippen molar-refractivity contribution >= 4 is 34.7 Å². The number of hydrogen-bond donors (Lipinski definition) is 2. The molecule has 0 radical (unpaired) electrons. The number of rotatable bonds is 3. The van der Waals surface area contributed by atoms with Crippen molar-refractivity contribution in [1.82, 2.24) is 0 Å². The maximum absolute atomic E-state index is 12.4. The van der Waals surface area contributed by atoms with Crippen LogP contribution < -0.4 is 11.3 Å². The third-order valence-electron chi connectivity index (χ3n) is 2.79. The van der Waals surface area contributed by atoms with Crippen molar-refractivity contribution in [1.29, 1.82) is 0 Å². The molecule has 3 N–H and O–H groups in total. The fourth-order valence-electron chi connectivity index (χ4n) is 1.86. The van der Waals surface area contributed by atoms with Crippen LogP contribution in [0.2, 0.25) is 10.0 Å². The highest BCUT2D eigenvalue weighted by Crippen LogP contribution is 2.27. The van der Waals surface area contributed by atoms with E-state index in [2.05, 4.69) is 5.43 Å². The van der Waals surface area contributed by atoms with Gasteiger partial charge in [0.1, 0.15) is 0 Å². The summed E-state index contributed by atoms with van der Waals surface area (Å²) >= 11 is 12.0. The molecule has 0 spiro atoms. The highest BCUT2D eigenvalue weighted by atomic mass is 35.5. The molecule has 0 atom stereocenters. The number of carbonyl (C=O) groups is 1. The lowest BCUT2D eigenvalue weighted by Crippen LogP contribution is -2.09. The van der Waals surface area contributed by atoms with Crippen molar-refractivity contribution in [2.24, 2.45) is 5.84 Å². The van der Waals surface area contributed by atoms with E-state index in [1.165, 1.54) is 0 Å². The first-order valence-electron chi connectivity index (χ1n) is 5.60. The third kappa shape index (κ3) is 2.89. The summed E-state index contributed by atoms with van der Waals surface area (Å²) in [6.07, 6.45) is 0. The Bertz CT molecular complexity index is 601. The highest BCUT2D eigenvalue weighted by molar-refractivity contribution is 6.35. The number of nitrogen functional groups attached to an aromatic ring is 1. The molecule has 5 heteroatoms. The van der Waals surface area contributed by atoms with Gasteiger partial charge in [0.05, 0.1) is 10.7 Å². The van der Waals surface area contributed by atoms with Gasteiger partial charge in [0.25, 0.3) is 0 Å². The summed E-state index contributed by atoms with van der Waals surface area (Å²) in [5, 5.41) is 0.954. The fraction of sp³-hybridized carbons (Fsp3) is 0.0714. The molecule has 0 bridgehead atoms. The van der Waals surface area contributed by atoms with Crippen LogP contribution in [0.5, 0.6) is 0 Å². The predicted molar refractivity (Wildman–Crippen MR) is 78.9 cm³/mol. The molecule has 0 amide bonds. The quantitative estimate of drug-likeness (QED) is 0.514. The van der Waals surface area contributed by atoms with E-state index in [4.69, 9.17) is 29.0 Å². The minimum Gasteiger partial charge on any atom is -0.324 e. The number of ketones is 1. The van der Waals surface area contributed by atoms with Crippen LogP contribution in [0.3, 0.4) is 0 Å². The van der Waals surface area contributed by atoms with Gasteiger partial charge in [-0.3, -0.25) is 10.6 Å². The van der Waals surface area contributed by atoms with Crippen LogP contribution in [0, 0.1) is 6.92 Å². The zero-order chi connectivity index (χ0) is 14.0. The van der Waals surface area contributed by atoms with E-state index in [0.29, 0.717) is 26.9 Å². The van der Waals surface area contributed by atoms with Gasteiger partial charge in [-0.2, -0.15) is 0 Å². The van der Waals surface area contributed by atoms with Crippen LogP contribution >= 0.6 is 23.2 Å². The molecule has 0 aliphatic carbocycles. The first-order valence-corrected chi connectivity index (χ1v) is 6.35. The predicted octanol–water partition coefficient (Wildman–Crippen LogP) is 3.82. The Balaban J connectivity index is 2.47. The molecular formula is C14H12Cl2N2O. The number of hydrogen-bond acceptors (Lipinski definition) is 3. The minimum atomic E-state index is -0.136. The Morgan fingerprint density at radius 1 is 1.16 bits per heavy atom. The first kappa shape index (κ1) is 13.9. The zero-order valence-corrected chi connectivity index (χ0v) is 11.7. The van der Waals surface area contributed by atoms with Crippen molar-refractivity contribution in [3.8, 4) is 0 Å². The Hall–Kier alpha value is -1.55. The summed E-state index contributed by atoms with van der Waals surface area (Å²) in [6.45, 7) is 1.82. The smallest absolute Gasteiger partial charge is 0.194 e. The number of carbonyl (C=O) groups excluding carboxylic acids is 1. The van der Waals surface area contributed by atoms with Crippen molar-refractivity contribution in [2.45, 2.75) is 6.92 Å². The second kappa shape index (κ2) is 5.61. The molecule has 2 rings (SSSR count). The van der Waals surface area contributed by atoms with E-state index in [9.17, 15) is 4.79 Å². The van der Waals surface area contributed by atoms with Crippen molar-refractivity contribution < 1.29 is 4.79 Å². The van der Waals surface area contributed by atoms with E-state index >= 15 is 0 Å². The molecule has 0 heterocycles. The molecule has 98 valence electrons.